The van der Waals surface area contributed by atoms with Gasteiger partial charge in [-0.15, -0.1) is 0 Å². The molecule has 0 aromatic heterocycles. The third-order valence-corrected chi connectivity index (χ3v) is 11.1. The maximum Gasteiger partial charge on any atom is 0.338 e. The van der Waals surface area contributed by atoms with Crippen LogP contribution in [0.5, 0.6) is 0 Å². The van der Waals surface area contributed by atoms with Gasteiger partial charge in [0, 0.05) is 17.4 Å². The molecule has 1 aromatic rings. The van der Waals surface area contributed by atoms with Gasteiger partial charge in [-0.3, -0.25) is 0 Å². The number of hydrogen-bond donors (Lipinski definition) is 9. The Balaban J connectivity index is 1.11. The van der Waals surface area contributed by atoms with E-state index in [-0.39, 0.29) is 17.7 Å². The van der Waals surface area contributed by atoms with Crippen molar-refractivity contribution in [3.63, 3.8) is 0 Å². The minimum absolute atomic E-state index is 0.0705. The SMILES string of the molecule is O=C(O[C@@H]1C=C(COC(=O)c2ccccc2)C2C1C=CO[C@H]2O[C@@H]1O[C@H](CO)[C@@H](O)[C@H](O)[C@H]1O)C1=CO[C@@H](O[C@@H]2O[C@H](CO)[C@@H](O)[C@H](O)[C@H]2O)C2=C(CO)CCC12. The molecule has 19 heteroatoms. The molecule has 7 rings (SSSR count). The number of ether oxygens (including phenoxy) is 8. The van der Waals surface area contributed by atoms with Gasteiger partial charge in [0.05, 0.1) is 49.4 Å². The monoisotopic (exact) mass is 806 g/mol. The van der Waals surface area contributed by atoms with Gasteiger partial charge in [-0.25, -0.2) is 9.59 Å². The first-order valence-electron chi connectivity index (χ1n) is 18.5. The molecule has 1 aromatic carbocycles. The predicted molar refractivity (Wildman–Crippen MR) is 185 cm³/mol. The fraction of sp³-hybridized carbons (Fsp3) is 0.579. The molecule has 0 spiro atoms. The van der Waals surface area contributed by atoms with E-state index in [0.29, 0.717) is 29.6 Å². The average Bonchev–Trinajstić information content (AvgIpc) is 3.82. The normalized spacial score (nSPS) is 39.9. The van der Waals surface area contributed by atoms with Crippen LogP contribution in [0.1, 0.15) is 23.2 Å². The van der Waals surface area contributed by atoms with E-state index in [1.54, 1.807) is 42.5 Å². The van der Waals surface area contributed by atoms with Gasteiger partial charge in [-0.05, 0) is 48.3 Å². The fourth-order valence-corrected chi connectivity index (χ4v) is 8.03. The molecular formula is C38H46O19. The molecule has 4 heterocycles. The Morgan fingerprint density at radius 1 is 0.754 bits per heavy atom. The molecule has 3 unspecified atom stereocenters. The predicted octanol–water partition coefficient (Wildman–Crippen LogP) is -2.63. The Morgan fingerprint density at radius 3 is 2.04 bits per heavy atom. The second-order valence-corrected chi connectivity index (χ2v) is 14.5. The lowest BCUT2D eigenvalue weighted by Gasteiger charge is -2.42. The standard InChI is InChI=1S/C38H46O19/c39-11-17-6-7-19-21(15-52-36(25(17)19)57-38-32(47)30(45)28(43)24(13-41)55-38)34(49)53-22-10-18(14-51-33(48)16-4-2-1-3-5-16)26-20(22)8-9-50-35(26)56-37-31(46)29(44)27(42)23(12-40)54-37/h1-5,8-10,15,19-20,22-24,26-32,35-47H,6-7,11-14H2/t19?,20?,22-,23-,24-,26?,27-,28-,29+,30+,31-,32-,35+,36+,37+,38+/m1/s1. The first-order valence-corrected chi connectivity index (χ1v) is 18.5. The summed E-state index contributed by atoms with van der Waals surface area (Å²) >= 11 is 0. The number of rotatable bonds is 12. The maximum absolute atomic E-state index is 14.0. The lowest BCUT2D eigenvalue weighted by atomic mass is 9.87. The number of aliphatic hydroxyl groups is 9. The van der Waals surface area contributed by atoms with Crippen LogP contribution < -0.4 is 0 Å². The fourth-order valence-electron chi connectivity index (χ4n) is 8.03. The molecular weight excluding hydrogens is 760 g/mol. The number of carbonyl (C=O) groups excluding carboxylic acids is 2. The van der Waals surface area contributed by atoms with E-state index < -0.39 is 130 Å². The van der Waals surface area contributed by atoms with Gasteiger partial charge in [-0.1, -0.05) is 18.2 Å². The highest BCUT2D eigenvalue weighted by atomic mass is 16.8. The highest BCUT2D eigenvalue weighted by Gasteiger charge is 2.52. The largest absolute Gasteiger partial charge is 0.472 e. The summed E-state index contributed by atoms with van der Waals surface area (Å²) < 4.78 is 46.2. The smallest absolute Gasteiger partial charge is 0.338 e. The number of fused-ring (bicyclic) bond motifs is 2. The lowest BCUT2D eigenvalue weighted by Crippen LogP contribution is -2.60. The van der Waals surface area contributed by atoms with Crippen LogP contribution in [-0.4, -0.2) is 164 Å². The second kappa shape index (κ2) is 17.6. The van der Waals surface area contributed by atoms with Gasteiger partial charge < -0.3 is 83.9 Å². The molecule has 2 saturated heterocycles. The Morgan fingerprint density at radius 2 is 1.40 bits per heavy atom. The Kier molecular flexibility index (Phi) is 12.8. The van der Waals surface area contributed by atoms with Crippen molar-refractivity contribution in [3.8, 4) is 0 Å². The van der Waals surface area contributed by atoms with Gasteiger partial charge >= 0.3 is 11.9 Å². The summed E-state index contributed by atoms with van der Waals surface area (Å²) in [5.74, 6) is -3.64. The Labute approximate surface area is 325 Å². The molecule has 6 aliphatic rings. The minimum Gasteiger partial charge on any atom is -0.472 e. The van der Waals surface area contributed by atoms with Crippen molar-refractivity contribution in [2.75, 3.05) is 26.4 Å². The summed E-state index contributed by atoms with van der Waals surface area (Å²) in [4.78, 5) is 27.0. The molecule has 4 aliphatic heterocycles. The average molecular weight is 807 g/mol. The van der Waals surface area contributed by atoms with E-state index in [0.717, 1.165) is 6.26 Å². The molecule has 2 fully saturated rings. The zero-order chi connectivity index (χ0) is 40.5. The summed E-state index contributed by atoms with van der Waals surface area (Å²) in [6, 6.07) is 8.22. The molecule has 19 nitrogen and oxygen atoms in total. The molecule has 0 radical (unpaired) electrons. The van der Waals surface area contributed by atoms with Gasteiger partial charge in [0.15, 0.2) is 12.6 Å². The van der Waals surface area contributed by atoms with Crippen molar-refractivity contribution in [1.29, 1.82) is 0 Å². The van der Waals surface area contributed by atoms with Gasteiger partial charge in [0.25, 0.3) is 0 Å². The van der Waals surface area contributed by atoms with Crippen LogP contribution in [0.15, 0.2) is 77.3 Å². The van der Waals surface area contributed by atoms with E-state index in [2.05, 4.69) is 0 Å². The van der Waals surface area contributed by atoms with E-state index in [4.69, 9.17) is 37.9 Å². The number of benzene rings is 1. The molecule has 312 valence electrons. The molecule has 57 heavy (non-hydrogen) atoms. The Hall–Kier alpha value is -3.80. The maximum atomic E-state index is 14.0. The molecule has 0 bridgehead atoms. The van der Waals surface area contributed by atoms with Crippen LogP contribution >= 0.6 is 0 Å². The van der Waals surface area contributed by atoms with Crippen molar-refractivity contribution >= 4 is 11.9 Å². The number of aliphatic hydroxyl groups excluding tert-OH is 9. The number of esters is 2. The second-order valence-electron chi connectivity index (χ2n) is 14.5. The Bertz CT molecular complexity index is 1720. The van der Waals surface area contributed by atoms with E-state index in [1.807, 2.05) is 0 Å². The first kappa shape index (κ1) is 41.4. The van der Waals surface area contributed by atoms with Crippen molar-refractivity contribution in [1.82, 2.24) is 0 Å². The van der Waals surface area contributed by atoms with Crippen molar-refractivity contribution in [3.05, 3.63) is 82.9 Å². The molecule has 2 aliphatic carbocycles. The molecule has 0 amide bonds. The van der Waals surface area contributed by atoms with Crippen LogP contribution in [-0.2, 0) is 42.7 Å². The van der Waals surface area contributed by atoms with Gasteiger partial charge in [0.2, 0.25) is 12.6 Å². The third-order valence-electron chi connectivity index (χ3n) is 11.1. The van der Waals surface area contributed by atoms with Crippen LogP contribution in [0, 0.1) is 17.8 Å². The van der Waals surface area contributed by atoms with Crippen LogP contribution in [0.4, 0.5) is 0 Å². The molecule has 0 saturated carbocycles. The topological polar surface area (TPSA) is 290 Å². The highest BCUT2D eigenvalue weighted by Crippen LogP contribution is 2.46. The van der Waals surface area contributed by atoms with Crippen molar-refractivity contribution < 1.29 is 93.4 Å². The summed E-state index contributed by atoms with van der Waals surface area (Å²) in [6.45, 7) is -2.09. The summed E-state index contributed by atoms with van der Waals surface area (Å²) in [5.41, 5.74) is 1.63. The summed E-state index contributed by atoms with van der Waals surface area (Å²) in [6.07, 6.45) is -13.1. The quantitative estimate of drug-likeness (QED) is 0.0771. The van der Waals surface area contributed by atoms with Gasteiger partial charge in [-0.2, -0.15) is 0 Å². The van der Waals surface area contributed by atoms with Crippen molar-refractivity contribution in [2.45, 2.75) is 92.9 Å². The zero-order valence-electron chi connectivity index (χ0n) is 30.3. The number of hydrogen-bond acceptors (Lipinski definition) is 19. The first-order chi connectivity index (χ1) is 27.4. The van der Waals surface area contributed by atoms with Crippen molar-refractivity contribution in [2.24, 2.45) is 17.8 Å². The zero-order valence-corrected chi connectivity index (χ0v) is 30.3. The third kappa shape index (κ3) is 8.13. The highest BCUT2D eigenvalue weighted by molar-refractivity contribution is 5.90. The lowest BCUT2D eigenvalue weighted by molar-refractivity contribution is -0.339. The van der Waals surface area contributed by atoms with E-state index in [9.17, 15) is 55.5 Å². The summed E-state index contributed by atoms with van der Waals surface area (Å²) in [7, 11) is 0. The van der Waals surface area contributed by atoms with E-state index >= 15 is 0 Å². The van der Waals surface area contributed by atoms with Crippen LogP contribution in [0.2, 0.25) is 0 Å². The summed E-state index contributed by atoms with van der Waals surface area (Å²) in [5, 5.41) is 91.8. The van der Waals surface area contributed by atoms with E-state index in [1.165, 1.54) is 6.26 Å². The molecule has 16 atom stereocenters. The van der Waals surface area contributed by atoms with Crippen LogP contribution in [0.25, 0.3) is 0 Å². The van der Waals surface area contributed by atoms with Gasteiger partial charge in [0.1, 0.15) is 61.5 Å². The van der Waals surface area contributed by atoms with Crippen LogP contribution in [0.3, 0.4) is 0 Å². The number of carbonyl (C=O) groups is 2. The minimum atomic E-state index is -1.75. The molecule has 9 N–H and O–H groups in total.